The average molecular weight is 409 g/mol. The van der Waals surface area contributed by atoms with Crippen molar-refractivity contribution in [3.8, 4) is 0 Å². The summed E-state index contributed by atoms with van der Waals surface area (Å²) in [4.78, 5) is 14.1. The molecule has 3 rings (SSSR count). The van der Waals surface area contributed by atoms with E-state index in [9.17, 15) is 9.18 Å². The lowest BCUT2D eigenvalue weighted by Gasteiger charge is -2.29. The molecule has 0 aromatic carbocycles. The molecule has 1 aromatic heterocycles. The first-order valence-electron chi connectivity index (χ1n) is 9.92. The van der Waals surface area contributed by atoms with Gasteiger partial charge >= 0.3 is 0 Å². The number of halogens is 2. The first kappa shape index (κ1) is 21.1. The van der Waals surface area contributed by atoms with Crippen molar-refractivity contribution in [2.24, 2.45) is 0 Å². The Bertz CT molecular complexity index is 804. The fourth-order valence-corrected chi connectivity index (χ4v) is 4.32. The summed E-state index contributed by atoms with van der Waals surface area (Å²) in [5.41, 5.74) is 3.80. The summed E-state index contributed by atoms with van der Waals surface area (Å²) in [7, 11) is 2.14. The molecule has 2 aliphatic rings. The Morgan fingerprint density at radius 3 is 2.68 bits per heavy atom. The molecule has 1 amide bonds. The predicted octanol–water partition coefficient (Wildman–Crippen LogP) is 3.61. The molecule has 2 heterocycles. The number of piperidine rings is 1. The second-order valence-electron chi connectivity index (χ2n) is 8.26. The zero-order chi connectivity index (χ0) is 20.5. The van der Waals surface area contributed by atoms with Crippen molar-refractivity contribution < 1.29 is 9.18 Å². The summed E-state index contributed by atoms with van der Waals surface area (Å²) >= 11 is 6.41. The van der Waals surface area contributed by atoms with Gasteiger partial charge in [-0.05, 0) is 65.4 Å². The molecule has 0 saturated carbocycles. The van der Waals surface area contributed by atoms with Crippen LogP contribution in [0.25, 0.3) is 0 Å². The van der Waals surface area contributed by atoms with Crippen molar-refractivity contribution in [1.29, 1.82) is 0 Å². The molecule has 1 aromatic rings. The van der Waals surface area contributed by atoms with Crippen LogP contribution < -0.4 is 5.32 Å². The van der Waals surface area contributed by atoms with Gasteiger partial charge in [-0.2, -0.15) is 5.10 Å². The summed E-state index contributed by atoms with van der Waals surface area (Å²) in [5.74, 6) is -0.308. The van der Waals surface area contributed by atoms with Gasteiger partial charge in [0.25, 0.3) is 0 Å². The maximum absolute atomic E-state index is 13.4. The lowest BCUT2D eigenvalue weighted by molar-refractivity contribution is -0.120. The first-order valence-corrected chi connectivity index (χ1v) is 10.3. The van der Waals surface area contributed by atoms with Crippen LogP contribution in [0.5, 0.6) is 0 Å². The monoisotopic (exact) mass is 408 g/mol. The van der Waals surface area contributed by atoms with E-state index >= 15 is 0 Å². The topological polar surface area (TPSA) is 50.2 Å². The quantitative estimate of drug-likeness (QED) is 0.757. The third kappa shape index (κ3) is 4.66. The van der Waals surface area contributed by atoms with E-state index in [2.05, 4.69) is 21.9 Å². The van der Waals surface area contributed by atoms with E-state index in [-0.39, 0.29) is 18.2 Å². The molecule has 1 unspecified atom stereocenters. The number of likely N-dealkylation sites (tertiary alicyclic amines) is 1. The third-order valence-corrected chi connectivity index (χ3v) is 6.33. The fraction of sp³-hybridized carbons (Fsp3) is 0.619. The highest BCUT2D eigenvalue weighted by molar-refractivity contribution is 6.26. The van der Waals surface area contributed by atoms with Gasteiger partial charge in [0.2, 0.25) is 5.91 Å². The van der Waals surface area contributed by atoms with E-state index in [1.54, 1.807) is 13.0 Å². The average Bonchev–Trinajstić information content (AvgIpc) is 2.89. The lowest BCUT2D eigenvalue weighted by Crippen LogP contribution is -2.34. The van der Waals surface area contributed by atoms with Crippen LogP contribution in [0, 0.1) is 13.8 Å². The van der Waals surface area contributed by atoms with Crippen LogP contribution in [0.4, 0.5) is 4.39 Å². The van der Waals surface area contributed by atoms with Crippen molar-refractivity contribution in [1.82, 2.24) is 20.0 Å². The number of hydrogen-bond acceptors (Lipinski definition) is 3. The Morgan fingerprint density at radius 1 is 1.36 bits per heavy atom. The molecule has 1 N–H and O–H groups in total. The second kappa shape index (κ2) is 8.37. The van der Waals surface area contributed by atoms with Crippen LogP contribution in [0.1, 0.15) is 49.2 Å². The van der Waals surface area contributed by atoms with E-state index in [0.717, 1.165) is 48.5 Å². The molecule has 0 spiro atoms. The first-order chi connectivity index (χ1) is 13.2. The van der Waals surface area contributed by atoms with E-state index in [0.29, 0.717) is 19.0 Å². The second-order valence-corrected chi connectivity index (χ2v) is 9.10. The standard InChI is InChI=1S/C21H30ClFN4O/c1-14-19(15(2)27(25-14)18-7-9-26(4)10-8-18)11-20(28)24-13-16-5-6-17(23)12-21(16,3)22/h5-6,18H,7-13H2,1-4H3,(H,24,28). The van der Waals surface area contributed by atoms with E-state index in [1.165, 1.54) is 6.08 Å². The van der Waals surface area contributed by atoms with Crippen molar-refractivity contribution in [2.75, 3.05) is 26.7 Å². The number of aromatic nitrogens is 2. The summed E-state index contributed by atoms with van der Waals surface area (Å²) in [6.45, 7) is 8.26. The zero-order valence-corrected chi connectivity index (χ0v) is 17.9. The highest BCUT2D eigenvalue weighted by atomic mass is 35.5. The van der Waals surface area contributed by atoms with Gasteiger partial charge in [-0.3, -0.25) is 9.48 Å². The highest BCUT2D eigenvalue weighted by Crippen LogP contribution is 2.35. The Kier molecular flexibility index (Phi) is 6.30. The lowest BCUT2D eigenvalue weighted by atomic mass is 9.91. The summed E-state index contributed by atoms with van der Waals surface area (Å²) < 4.78 is 15.5. The van der Waals surface area contributed by atoms with Gasteiger partial charge in [-0.25, -0.2) is 4.39 Å². The fourth-order valence-electron chi connectivity index (χ4n) is 4.06. The number of carbonyl (C=O) groups is 1. The SMILES string of the molecule is Cc1nn(C2CCN(C)CC2)c(C)c1CC(=O)NCC1=CC=C(F)CC1(C)Cl. The minimum absolute atomic E-state index is 0.0717. The summed E-state index contributed by atoms with van der Waals surface area (Å²) in [5, 5.41) is 7.66. The number of nitrogens with zero attached hydrogens (tertiary/aromatic N) is 3. The number of rotatable bonds is 5. The number of aryl methyl sites for hydroxylation is 1. The van der Waals surface area contributed by atoms with Crippen LogP contribution in [0.2, 0.25) is 0 Å². The summed E-state index contributed by atoms with van der Waals surface area (Å²) in [6.07, 6.45) is 5.69. The predicted molar refractivity (Wildman–Crippen MR) is 110 cm³/mol. The van der Waals surface area contributed by atoms with Gasteiger partial charge < -0.3 is 10.2 Å². The Hall–Kier alpha value is -1.66. The Balaban J connectivity index is 1.63. The maximum atomic E-state index is 13.4. The number of carbonyl (C=O) groups excluding carboxylic acids is 1. The van der Waals surface area contributed by atoms with Gasteiger partial charge in [0.1, 0.15) is 5.83 Å². The van der Waals surface area contributed by atoms with Gasteiger partial charge in [0.15, 0.2) is 0 Å². The Morgan fingerprint density at radius 2 is 2.04 bits per heavy atom. The van der Waals surface area contributed by atoms with Gasteiger partial charge in [0, 0.05) is 24.2 Å². The molecule has 0 radical (unpaired) electrons. The van der Waals surface area contributed by atoms with Crippen molar-refractivity contribution >= 4 is 17.5 Å². The Labute approximate surface area is 171 Å². The minimum Gasteiger partial charge on any atom is -0.352 e. The van der Waals surface area contributed by atoms with Crippen LogP contribution in [0.3, 0.4) is 0 Å². The smallest absolute Gasteiger partial charge is 0.224 e. The number of hydrogen-bond donors (Lipinski definition) is 1. The molecular weight excluding hydrogens is 379 g/mol. The van der Waals surface area contributed by atoms with Gasteiger partial charge in [-0.1, -0.05) is 6.08 Å². The molecule has 0 bridgehead atoms. The number of alkyl halides is 1. The molecule has 1 aliphatic heterocycles. The van der Waals surface area contributed by atoms with Crippen LogP contribution in [-0.4, -0.2) is 52.1 Å². The number of allylic oxidation sites excluding steroid dienone is 3. The zero-order valence-electron chi connectivity index (χ0n) is 17.2. The molecular formula is C21H30ClFN4O. The van der Waals surface area contributed by atoms with E-state index in [1.807, 2.05) is 13.8 Å². The van der Waals surface area contributed by atoms with Crippen LogP contribution >= 0.6 is 11.6 Å². The molecule has 1 saturated heterocycles. The highest BCUT2D eigenvalue weighted by Gasteiger charge is 2.30. The molecule has 1 fully saturated rings. The molecule has 7 heteroatoms. The van der Waals surface area contributed by atoms with Crippen LogP contribution in [0.15, 0.2) is 23.6 Å². The molecule has 1 aliphatic carbocycles. The third-order valence-electron chi connectivity index (χ3n) is 5.96. The number of nitrogens with one attached hydrogen (secondary N) is 1. The normalized spacial score (nSPS) is 24.1. The molecule has 154 valence electrons. The summed E-state index contributed by atoms with van der Waals surface area (Å²) in [6, 6.07) is 0.401. The minimum atomic E-state index is -0.795. The number of amides is 1. The van der Waals surface area contributed by atoms with Crippen LogP contribution in [-0.2, 0) is 11.2 Å². The van der Waals surface area contributed by atoms with Crippen molar-refractivity contribution in [2.45, 2.75) is 57.4 Å². The largest absolute Gasteiger partial charge is 0.352 e. The van der Waals surface area contributed by atoms with Gasteiger partial charge in [0.05, 0.1) is 23.0 Å². The maximum Gasteiger partial charge on any atom is 0.224 e. The molecule has 1 atom stereocenters. The molecule has 5 nitrogen and oxygen atoms in total. The van der Waals surface area contributed by atoms with E-state index < -0.39 is 4.87 Å². The molecule has 28 heavy (non-hydrogen) atoms. The van der Waals surface area contributed by atoms with Crippen molar-refractivity contribution in [3.05, 3.63) is 40.5 Å². The van der Waals surface area contributed by atoms with E-state index in [4.69, 9.17) is 16.7 Å². The van der Waals surface area contributed by atoms with Gasteiger partial charge in [-0.15, -0.1) is 11.6 Å². The van der Waals surface area contributed by atoms with Crippen molar-refractivity contribution in [3.63, 3.8) is 0 Å².